The Bertz CT molecular complexity index is 1060. The van der Waals surface area contributed by atoms with Crippen molar-refractivity contribution in [1.29, 1.82) is 0 Å². The summed E-state index contributed by atoms with van der Waals surface area (Å²) >= 11 is 0. The van der Waals surface area contributed by atoms with Crippen molar-refractivity contribution < 1.29 is 14.3 Å². The lowest BCUT2D eigenvalue weighted by Gasteiger charge is -2.14. The van der Waals surface area contributed by atoms with E-state index in [1.165, 1.54) is 11.5 Å². The molecule has 3 aromatic rings. The van der Waals surface area contributed by atoms with Crippen molar-refractivity contribution in [1.82, 2.24) is 9.55 Å². The fourth-order valence-corrected chi connectivity index (χ4v) is 2.77. The molecule has 7 heteroatoms. The van der Waals surface area contributed by atoms with Crippen LogP contribution in [0.25, 0.3) is 5.69 Å². The zero-order valence-electron chi connectivity index (χ0n) is 15.9. The van der Waals surface area contributed by atoms with Gasteiger partial charge < -0.3 is 15.0 Å². The standard InChI is InChI=1S/C21H21N3O4/c1-13-5-4-6-17(11-13)23-19(25)15(3)28-20(26)16-7-9-18(10-8-16)24-14(2)12-22-21(24)27/h4-12,15H,1-3H3,(H,22,27)(H,23,25). The van der Waals surface area contributed by atoms with E-state index in [0.29, 0.717) is 16.9 Å². The van der Waals surface area contributed by atoms with Crippen LogP contribution in [0.1, 0.15) is 28.5 Å². The van der Waals surface area contributed by atoms with E-state index in [0.717, 1.165) is 11.3 Å². The first kappa shape index (κ1) is 19.2. The minimum atomic E-state index is -0.956. The minimum Gasteiger partial charge on any atom is -0.449 e. The molecule has 0 fully saturated rings. The first-order valence-corrected chi connectivity index (χ1v) is 8.81. The lowest BCUT2D eigenvalue weighted by molar-refractivity contribution is -0.123. The van der Waals surface area contributed by atoms with Gasteiger partial charge in [0, 0.05) is 17.6 Å². The number of anilines is 1. The second-order valence-electron chi connectivity index (χ2n) is 6.52. The number of carbonyl (C=O) groups excluding carboxylic acids is 2. The van der Waals surface area contributed by atoms with Crippen LogP contribution in [0.2, 0.25) is 0 Å². The van der Waals surface area contributed by atoms with Crippen LogP contribution < -0.4 is 11.0 Å². The lowest BCUT2D eigenvalue weighted by atomic mass is 10.2. The SMILES string of the molecule is Cc1cccc(NC(=O)C(C)OC(=O)c2ccc(-n3c(C)c[nH]c3=O)cc2)c1. The highest BCUT2D eigenvalue weighted by atomic mass is 16.5. The van der Waals surface area contributed by atoms with Crippen LogP contribution in [-0.4, -0.2) is 27.5 Å². The molecule has 0 bridgehead atoms. The van der Waals surface area contributed by atoms with Crippen molar-refractivity contribution in [2.75, 3.05) is 5.32 Å². The van der Waals surface area contributed by atoms with E-state index in [4.69, 9.17) is 4.74 Å². The highest BCUT2D eigenvalue weighted by Gasteiger charge is 2.19. The normalized spacial score (nSPS) is 11.7. The van der Waals surface area contributed by atoms with Gasteiger partial charge in [0.15, 0.2) is 6.10 Å². The first-order valence-electron chi connectivity index (χ1n) is 8.81. The van der Waals surface area contributed by atoms with Crippen LogP contribution in [0, 0.1) is 13.8 Å². The third-order valence-corrected chi connectivity index (χ3v) is 4.26. The molecule has 28 heavy (non-hydrogen) atoms. The molecule has 1 heterocycles. The summed E-state index contributed by atoms with van der Waals surface area (Å²) in [4.78, 5) is 39.0. The van der Waals surface area contributed by atoms with Crippen molar-refractivity contribution in [3.8, 4) is 5.69 Å². The van der Waals surface area contributed by atoms with Crippen LogP contribution >= 0.6 is 0 Å². The van der Waals surface area contributed by atoms with Crippen LogP contribution in [0.5, 0.6) is 0 Å². The average Bonchev–Trinajstić information content (AvgIpc) is 3.00. The van der Waals surface area contributed by atoms with Gasteiger partial charge in [-0.2, -0.15) is 0 Å². The molecule has 0 aliphatic rings. The highest BCUT2D eigenvalue weighted by Crippen LogP contribution is 2.13. The molecule has 0 aliphatic heterocycles. The van der Waals surface area contributed by atoms with Crippen molar-refractivity contribution in [2.45, 2.75) is 26.9 Å². The molecule has 144 valence electrons. The summed E-state index contributed by atoms with van der Waals surface area (Å²) < 4.78 is 6.75. The number of benzene rings is 2. The fraction of sp³-hybridized carbons (Fsp3) is 0.190. The summed E-state index contributed by atoms with van der Waals surface area (Å²) in [5.74, 6) is -1.03. The third-order valence-electron chi connectivity index (χ3n) is 4.26. The zero-order chi connectivity index (χ0) is 20.3. The Morgan fingerprint density at radius 1 is 1.11 bits per heavy atom. The van der Waals surface area contributed by atoms with Crippen LogP contribution in [0.4, 0.5) is 5.69 Å². The number of ether oxygens (including phenoxy) is 1. The number of aromatic nitrogens is 2. The topological polar surface area (TPSA) is 93.2 Å². The Kier molecular flexibility index (Phi) is 5.44. The summed E-state index contributed by atoms with van der Waals surface area (Å²) in [6, 6.07) is 13.8. The number of carbonyl (C=O) groups is 2. The van der Waals surface area contributed by atoms with Gasteiger partial charge in [0.2, 0.25) is 0 Å². The molecule has 1 aromatic heterocycles. The van der Waals surface area contributed by atoms with Gasteiger partial charge in [0.25, 0.3) is 5.91 Å². The number of imidazole rings is 1. The zero-order valence-corrected chi connectivity index (χ0v) is 15.9. The van der Waals surface area contributed by atoms with Crippen molar-refractivity contribution in [3.63, 3.8) is 0 Å². The second kappa shape index (κ2) is 7.96. The quantitative estimate of drug-likeness (QED) is 0.667. The smallest absolute Gasteiger partial charge is 0.338 e. The van der Waals surface area contributed by atoms with Crippen molar-refractivity contribution in [3.05, 3.63) is 82.0 Å². The van der Waals surface area contributed by atoms with E-state index in [-0.39, 0.29) is 5.69 Å². The number of aromatic amines is 1. The van der Waals surface area contributed by atoms with Gasteiger partial charge in [-0.05, 0) is 62.7 Å². The second-order valence-corrected chi connectivity index (χ2v) is 6.52. The Morgan fingerprint density at radius 3 is 2.43 bits per heavy atom. The van der Waals surface area contributed by atoms with Gasteiger partial charge in [-0.1, -0.05) is 12.1 Å². The van der Waals surface area contributed by atoms with E-state index >= 15 is 0 Å². The number of amides is 1. The van der Waals surface area contributed by atoms with Crippen LogP contribution in [0.3, 0.4) is 0 Å². The first-order chi connectivity index (χ1) is 13.3. The number of hydrogen-bond acceptors (Lipinski definition) is 4. The number of hydrogen-bond donors (Lipinski definition) is 2. The predicted molar refractivity (Wildman–Crippen MR) is 106 cm³/mol. The molecule has 0 aliphatic carbocycles. The molecule has 0 spiro atoms. The summed E-state index contributed by atoms with van der Waals surface area (Å²) in [6.07, 6.45) is 0.654. The maximum Gasteiger partial charge on any atom is 0.338 e. The molecule has 1 atom stereocenters. The monoisotopic (exact) mass is 379 g/mol. The van der Waals surface area contributed by atoms with E-state index in [1.54, 1.807) is 43.5 Å². The van der Waals surface area contributed by atoms with Crippen molar-refractivity contribution >= 4 is 17.6 Å². The number of nitrogens with zero attached hydrogens (tertiary/aromatic N) is 1. The lowest BCUT2D eigenvalue weighted by Crippen LogP contribution is -2.30. The molecule has 0 saturated heterocycles. The van der Waals surface area contributed by atoms with Crippen LogP contribution in [0.15, 0.2) is 59.5 Å². The molecular formula is C21H21N3O4. The molecule has 2 aromatic carbocycles. The van der Waals surface area contributed by atoms with Crippen LogP contribution in [-0.2, 0) is 9.53 Å². The maximum absolute atomic E-state index is 12.3. The molecule has 3 rings (SSSR count). The minimum absolute atomic E-state index is 0.255. The van der Waals surface area contributed by atoms with Gasteiger partial charge in [-0.25, -0.2) is 9.59 Å². The molecule has 7 nitrogen and oxygen atoms in total. The highest BCUT2D eigenvalue weighted by molar-refractivity contribution is 5.97. The summed E-state index contributed by atoms with van der Waals surface area (Å²) in [5, 5.41) is 2.72. The molecular weight excluding hydrogens is 358 g/mol. The number of esters is 1. The number of aryl methyl sites for hydroxylation is 2. The van der Waals surface area contributed by atoms with Crippen molar-refractivity contribution in [2.24, 2.45) is 0 Å². The predicted octanol–water partition coefficient (Wildman–Crippen LogP) is 2.97. The third kappa shape index (κ3) is 4.20. The van der Waals surface area contributed by atoms with E-state index < -0.39 is 18.0 Å². The largest absolute Gasteiger partial charge is 0.449 e. The Labute approximate surface area is 162 Å². The Balaban J connectivity index is 1.65. The number of H-pyrrole nitrogens is 1. The fourth-order valence-electron chi connectivity index (χ4n) is 2.77. The molecule has 0 saturated carbocycles. The summed E-state index contributed by atoms with van der Waals surface area (Å²) in [6.45, 7) is 5.24. The average molecular weight is 379 g/mol. The Morgan fingerprint density at radius 2 is 1.82 bits per heavy atom. The molecule has 1 amide bonds. The van der Waals surface area contributed by atoms with Gasteiger partial charge in [-0.3, -0.25) is 9.36 Å². The molecule has 0 radical (unpaired) electrons. The van der Waals surface area contributed by atoms with Gasteiger partial charge in [0.05, 0.1) is 11.3 Å². The maximum atomic E-state index is 12.3. The summed E-state index contributed by atoms with van der Waals surface area (Å²) in [7, 11) is 0. The molecule has 1 unspecified atom stereocenters. The number of rotatable bonds is 5. The van der Waals surface area contributed by atoms with Gasteiger partial charge >= 0.3 is 11.7 Å². The van der Waals surface area contributed by atoms with Gasteiger partial charge in [-0.15, -0.1) is 0 Å². The van der Waals surface area contributed by atoms with E-state index in [9.17, 15) is 14.4 Å². The molecule has 2 N–H and O–H groups in total. The summed E-state index contributed by atoms with van der Waals surface area (Å²) in [5.41, 5.74) is 3.07. The number of nitrogens with one attached hydrogen (secondary N) is 2. The van der Waals surface area contributed by atoms with Gasteiger partial charge in [0.1, 0.15) is 0 Å². The Hall–Kier alpha value is -3.61. The van der Waals surface area contributed by atoms with E-state index in [2.05, 4.69) is 10.3 Å². The van der Waals surface area contributed by atoms with E-state index in [1.807, 2.05) is 25.1 Å².